The molecule has 4 nitrogen and oxygen atoms in total. The molecule has 1 aromatic heterocycles. The van der Waals surface area contributed by atoms with Gasteiger partial charge in [-0.25, -0.2) is 4.98 Å². The topological polar surface area (TPSA) is 24.3 Å². The Labute approximate surface area is 388 Å². The average Bonchev–Trinajstić information content (AvgIpc) is 3.81. The van der Waals surface area contributed by atoms with Crippen molar-refractivity contribution < 1.29 is 0 Å². The molecule has 67 heavy (non-hydrogen) atoms. The Balaban J connectivity index is 1.14. The van der Waals surface area contributed by atoms with Crippen molar-refractivity contribution in [3.8, 4) is 17.1 Å². The molecule has 0 amide bonds. The van der Waals surface area contributed by atoms with E-state index in [0.717, 1.165) is 89.2 Å². The van der Waals surface area contributed by atoms with Crippen molar-refractivity contribution in [1.82, 2.24) is 9.55 Å². The van der Waals surface area contributed by atoms with Crippen LogP contribution in [0.4, 0.5) is 34.1 Å². The SMILES string of the molecule is c1ccc(N(c2ccc3ccccc3c2)c2ccc3c4ccc(N(c5ccccc5)c5ccc6ccccc6c5)cc4c4c(nc(-c5cccc6ccccc56)n4-c4ccccc4)c3c2)cc1. The normalized spacial score (nSPS) is 11.6. The summed E-state index contributed by atoms with van der Waals surface area (Å²) in [6, 6.07) is 91.9. The lowest BCUT2D eigenvalue weighted by atomic mass is 9.97. The summed E-state index contributed by atoms with van der Waals surface area (Å²) in [5, 5.41) is 11.6. The van der Waals surface area contributed by atoms with Crippen LogP contribution in [0.2, 0.25) is 0 Å². The number of para-hydroxylation sites is 3. The van der Waals surface area contributed by atoms with E-state index < -0.39 is 0 Å². The van der Waals surface area contributed by atoms with Crippen molar-refractivity contribution in [2.75, 3.05) is 9.80 Å². The molecule has 0 saturated heterocycles. The van der Waals surface area contributed by atoms with Crippen molar-refractivity contribution in [1.29, 1.82) is 0 Å². The largest absolute Gasteiger partial charge is 0.310 e. The Morgan fingerprint density at radius 2 is 0.731 bits per heavy atom. The molecule has 0 fully saturated rings. The maximum atomic E-state index is 5.83. The standard InChI is InChI=1S/C63H42N4/c1-4-23-48(24-5-1)65(51-33-31-43-17-10-12-20-46(43)39-51)53-35-37-56-57-38-36-54(66(49-25-6-2-7-26-49)52-34-32-44-18-11-13-21-47(44)40-52)42-60(57)62-61(59(56)41-53)64-63(67(62)50-27-8-3-9-28-50)58-30-16-22-45-19-14-15-29-55(45)58/h1-42H. The second kappa shape index (κ2) is 15.9. The highest BCUT2D eigenvalue weighted by Crippen LogP contribution is 2.46. The van der Waals surface area contributed by atoms with E-state index in [4.69, 9.17) is 4.98 Å². The summed E-state index contributed by atoms with van der Waals surface area (Å²) in [5.74, 6) is 0.895. The molecule has 13 aromatic rings. The zero-order valence-corrected chi connectivity index (χ0v) is 36.5. The molecule has 0 saturated carbocycles. The van der Waals surface area contributed by atoms with Crippen LogP contribution in [0.1, 0.15) is 0 Å². The lowest BCUT2D eigenvalue weighted by molar-refractivity contribution is 1.11. The third-order valence-electron chi connectivity index (χ3n) is 13.3. The minimum Gasteiger partial charge on any atom is -0.310 e. The van der Waals surface area contributed by atoms with Crippen LogP contribution < -0.4 is 9.80 Å². The first-order valence-corrected chi connectivity index (χ1v) is 22.9. The van der Waals surface area contributed by atoms with Gasteiger partial charge in [-0.2, -0.15) is 0 Å². The molecular weight excluding hydrogens is 813 g/mol. The minimum atomic E-state index is 0.895. The van der Waals surface area contributed by atoms with E-state index in [1.165, 1.54) is 26.9 Å². The molecule has 0 unspecified atom stereocenters. The number of rotatable bonds is 8. The fourth-order valence-corrected chi connectivity index (χ4v) is 10.2. The number of hydrogen-bond acceptors (Lipinski definition) is 3. The van der Waals surface area contributed by atoms with E-state index >= 15 is 0 Å². The van der Waals surface area contributed by atoms with Crippen LogP contribution in [0.15, 0.2) is 255 Å². The van der Waals surface area contributed by atoms with Gasteiger partial charge in [-0.05, 0) is 128 Å². The zero-order chi connectivity index (χ0) is 44.3. The molecule has 4 heteroatoms. The molecule has 0 aliphatic heterocycles. The van der Waals surface area contributed by atoms with Crippen molar-refractivity contribution in [2.24, 2.45) is 0 Å². The summed E-state index contributed by atoms with van der Waals surface area (Å²) in [7, 11) is 0. The molecule has 1 heterocycles. The molecule has 0 aliphatic carbocycles. The number of imidazole rings is 1. The van der Waals surface area contributed by atoms with Gasteiger partial charge in [0.15, 0.2) is 0 Å². The van der Waals surface area contributed by atoms with Crippen LogP contribution in [0.3, 0.4) is 0 Å². The lowest BCUT2D eigenvalue weighted by Crippen LogP contribution is -2.10. The summed E-state index contributed by atoms with van der Waals surface area (Å²) in [6.07, 6.45) is 0. The number of fused-ring (bicyclic) bond motifs is 9. The molecule has 0 bridgehead atoms. The van der Waals surface area contributed by atoms with Gasteiger partial charge in [-0.3, -0.25) is 4.57 Å². The van der Waals surface area contributed by atoms with Crippen molar-refractivity contribution in [3.05, 3.63) is 255 Å². The van der Waals surface area contributed by atoms with Gasteiger partial charge >= 0.3 is 0 Å². The monoisotopic (exact) mass is 854 g/mol. The number of hydrogen-bond donors (Lipinski definition) is 0. The smallest absolute Gasteiger partial charge is 0.146 e. The van der Waals surface area contributed by atoms with E-state index in [2.05, 4.69) is 269 Å². The molecule has 0 spiro atoms. The number of benzene rings is 12. The molecule has 0 N–H and O–H groups in total. The Hall–Kier alpha value is -8.99. The van der Waals surface area contributed by atoms with Crippen LogP contribution in [0.25, 0.3) is 82.0 Å². The van der Waals surface area contributed by atoms with Gasteiger partial charge in [0.1, 0.15) is 5.82 Å². The van der Waals surface area contributed by atoms with E-state index in [1.807, 2.05) is 0 Å². The Kier molecular flexibility index (Phi) is 9.14. The van der Waals surface area contributed by atoms with Crippen molar-refractivity contribution >= 4 is 99.0 Å². The average molecular weight is 855 g/mol. The Bertz CT molecular complexity index is 3990. The van der Waals surface area contributed by atoms with Gasteiger partial charge in [0, 0.05) is 56.1 Å². The van der Waals surface area contributed by atoms with Crippen LogP contribution in [-0.2, 0) is 0 Å². The number of nitrogens with zero attached hydrogens (tertiary/aromatic N) is 4. The molecule has 13 rings (SSSR count). The molecule has 0 radical (unpaired) electrons. The second-order valence-corrected chi connectivity index (χ2v) is 17.2. The Morgan fingerprint density at radius 3 is 1.33 bits per heavy atom. The third-order valence-corrected chi connectivity index (χ3v) is 13.3. The van der Waals surface area contributed by atoms with Gasteiger partial charge in [0.05, 0.1) is 11.0 Å². The summed E-state index contributed by atoms with van der Waals surface area (Å²) in [4.78, 5) is 10.6. The summed E-state index contributed by atoms with van der Waals surface area (Å²) in [5.41, 5.74) is 10.6. The van der Waals surface area contributed by atoms with Gasteiger partial charge in [-0.15, -0.1) is 0 Å². The number of aromatic nitrogens is 2. The summed E-state index contributed by atoms with van der Waals surface area (Å²) < 4.78 is 2.40. The van der Waals surface area contributed by atoms with Gasteiger partial charge in [0.25, 0.3) is 0 Å². The molecular formula is C63H42N4. The first kappa shape index (κ1) is 38.5. The van der Waals surface area contributed by atoms with Crippen molar-refractivity contribution in [3.63, 3.8) is 0 Å². The van der Waals surface area contributed by atoms with Crippen LogP contribution in [0.5, 0.6) is 0 Å². The molecule has 12 aromatic carbocycles. The van der Waals surface area contributed by atoms with E-state index in [-0.39, 0.29) is 0 Å². The molecule has 314 valence electrons. The Morgan fingerprint density at radius 1 is 0.284 bits per heavy atom. The molecule has 0 atom stereocenters. The highest BCUT2D eigenvalue weighted by atomic mass is 15.2. The van der Waals surface area contributed by atoms with E-state index in [1.54, 1.807) is 0 Å². The fourth-order valence-electron chi connectivity index (χ4n) is 10.2. The first-order valence-electron chi connectivity index (χ1n) is 22.9. The highest BCUT2D eigenvalue weighted by molar-refractivity contribution is 6.25. The van der Waals surface area contributed by atoms with Crippen LogP contribution in [0, 0.1) is 0 Å². The first-order chi connectivity index (χ1) is 33.2. The third kappa shape index (κ3) is 6.57. The van der Waals surface area contributed by atoms with Gasteiger partial charge in [0.2, 0.25) is 0 Å². The zero-order valence-electron chi connectivity index (χ0n) is 36.5. The van der Waals surface area contributed by atoms with E-state index in [0.29, 0.717) is 0 Å². The van der Waals surface area contributed by atoms with Crippen molar-refractivity contribution in [2.45, 2.75) is 0 Å². The second-order valence-electron chi connectivity index (χ2n) is 17.2. The summed E-state index contributed by atoms with van der Waals surface area (Å²) in [6.45, 7) is 0. The molecule has 0 aliphatic rings. The summed E-state index contributed by atoms with van der Waals surface area (Å²) >= 11 is 0. The van der Waals surface area contributed by atoms with Gasteiger partial charge < -0.3 is 9.80 Å². The van der Waals surface area contributed by atoms with Crippen LogP contribution in [-0.4, -0.2) is 9.55 Å². The van der Waals surface area contributed by atoms with Crippen LogP contribution >= 0.6 is 0 Å². The lowest BCUT2D eigenvalue weighted by Gasteiger charge is -2.27. The predicted molar refractivity (Wildman–Crippen MR) is 283 cm³/mol. The van der Waals surface area contributed by atoms with Gasteiger partial charge in [-0.1, -0.05) is 170 Å². The predicted octanol–water partition coefficient (Wildman–Crippen LogP) is 17.4. The fraction of sp³-hybridized carbons (Fsp3) is 0. The minimum absolute atomic E-state index is 0.895. The van der Waals surface area contributed by atoms with E-state index in [9.17, 15) is 0 Å². The number of anilines is 6. The maximum absolute atomic E-state index is 5.83. The maximum Gasteiger partial charge on any atom is 0.146 e. The quantitative estimate of drug-likeness (QED) is 0.142. The highest BCUT2D eigenvalue weighted by Gasteiger charge is 2.24.